The van der Waals surface area contributed by atoms with Crippen LogP contribution in [0.4, 0.5) is 5.69 Å². The summed E-state index contributed by atoms with van der Waals surface area (Å²) in [5.41, 5.74) is 1.73. The second-order valence-corrected chi connectivity index (χ2v) is 6.17. The highest BCUT2D eigenvalue weighted by atomic mass is 79.9. The molecule has 6 heteroatoms. The fraction of sp³-hybridized carbons (Fsp3) is 0.250. The van der Waals surface area contributed by atoms with Crippen molar-refractivity contribution >= 4 is 44.8 Å². The van der Waals surface area contributed by atoms with E-state index in [9.17, 15) is 0 Å². The summed E-state index contributed by atoms with van der Waals surface area (Å²) in [5, 5.41) is 4.52. The van der Waals surface area contributed by atoms with Crippen molar-refractivity contribution in [3.63, 3.8) is 0 Å². The molecular weight excluding hydrogens is 389 g/mol. The van der Waals surface area contributed by atoms with E-state index >= 15 is 0 Å². The molecule has 0 bridgehead atoms. The highest BCUT2D eigenvalue weighted by Crippen LogP contribution is 2.37. The van der Waals surface area contributed by atoms with Crippen LogP contribution in [0, 0.1) is 0 Å². The van der Waals surface area contributed by atoms with Crippen LogP contribution in [0.15, 0.2) is 34.8 Å². The highest BCUT2D eigenvalue weighted by Gasteiger charge is 2.14. The van der Waals surface area contributed by atoms with Gasteiger partial charge in [0.2, 0.25) is 0 Å². The predicted octanol–water partition coefficient (Wildman–Crippen LogP) is 5.78. The first-order valence-corrected chi connectivity index (χ1v) is 8.28. The second-order valence-electron chi connectivity index (χ2n) is 4.47. The molecule has 0 aliphatic rings. The number of ether oxygens (including phenoxy) is 2. The maximum absolute atomic E-state index is 6.17. The maximum atomic E-state index is 6.17. The third-order valence-electron chi connectivity index (χ3n) is 3.06. The van der Waals surface area contributed by atoms with E-state index in [1.54, 1.807) is 25.3 Å². The van der Waals surface area contributed by atoms with E-state index in [0.29, 0.717) is 34.7 Å². The minimum Gasteiger partial charge on any atom is -0.493 e. The molecule has 0 saturated heterocycles. The monoisotopic (exact) mass is 403 g/mol. The van der Waals surface area contributed by atoms with Crippen molar-refractivity contribution in [2.75, 3.05) is 19.0 Å². The number of hydrogen-bond donors (Lipinski definition) is 1. The SMILES string of the molecule is CCOc1c(OC)ccc(Br)c1CNc1cc(Cl)ccc1Cl. The lowest BCUT2D eigenvalue weighted by Gasteiger charge is -2.17. The highest BCUT2D eigenvalue weighted by molar-refractivity contribution is 9.10. The van der Waals surface area contributed by atoms with Gasteiger partial charge in [-0.1, -0.05) is 39.1 Å². The van der Waals surface area contributed by atoms with E-state index in [0.717, 1.165) is 15.7 Å². The third kappa shape index (κ3) is 4.00. The van der Waals surface area contributed by atoms with Gasteiger partial charge in [0.1, 0.15) is 0 Å². The second kappa shape index (κ2) is 7.95. The zero-order valence-electron chi connectivity index (χ0n) is 12.3. The van der Waals surface area contributed by atoms with Crippen LogP contribution >= 0.6 is 39.1 Å². The molecule has 0 amide bonds. The van der Waals surface area contributed by atoms with Gasteiger partial charge in [0.25, 0.3) is 0 Å². The van der Waals surface area contributed by atoms with Crippen LogP contribution in [0.3, 0.4) is 0 Å². The Hall–Kier alpha value is -1.10. The van der Waals surface area contributed by atoms with Gasteiger partial charge in [-0.15, -0.1) is 0 Å². The molecule has 0 aliphatic heterocycles. The van der Waals surface area contributed by atoms with Crippen LogP contribution in [-0.2, 0) is 6.54 Å². The molecule has 1 N–H and O–H groups in total. The molecule has 22 heavy (non-hydrogen) atoms. The van der Waals surface area contributed by atoms with Gasteiger partial charge in [-0.05, 0) is 37.3 Å². The van der Waals surface area contributed by atoms with Crippen molar-refractivity contribution < 1.29 is 9.47 Å². The van der Waals surface area contributed by atoms with Crippen LogP contribution in [-0.4, -0.2) is 13.7 Å². The average Bonchev–Trinajstić information content (AvgIpc) is 2.50. The Labute approximate surface area is 148 Å². The van der Waals surface area contributed by atoms with E-state index in [-0.39, 0.29) is 0 Å². The first-order valence-electron chi connectivity index (χ1n) is 6.74. The lowest BCUT2D eigenvalue weighted by atomic mass is 10.1. The maximum Gasteiger partial charge on any atom is 0.167 e. The lowest BCUT2D eigenvalue weighted by Crippen LogP contribution is -2.06. The minimum absolute atomic E-state index is 0.521. The summed E-state index contributed by atoms with van der Waals surface area (Å²) in [4.78, 5) is 0. The van der Waals surface area contributed by atoms with Crippen molar-refractivity contribution in [3.8, 4) is 11.5 Å². The van der Waals surface area contributed by atoms with Gasteiger partial charge in [0, 0.05) is 21.6 Å². The Bertz CT molecular complexity index is 665. The van der Waals surface area contributed by atoms with Crippen LogP contribution in [0.5, 0.6) is 11.5 Å². The van der Waals surface area contributed by atoms with E-state index in [4.69, 9.17) is 32.7 Å². The van der Waals surface area contributed by atoms with Gasteiger partial charge < -0.3 is 14.8 Å². The lowest BCUT2D eigenvalue weighted by molar-refractivity contribution is 0.307. The average molecular weight is 405 g/mol. The number of methoxy groups -OCH3 is 1. The predicted molar refractivity (Wildman–Crippen MR) is 95.7 cm³/mol. The molecule has 0 unspecified atom stereocenters. The molecule has 0 atom stereocenters. The Morgan fingerprint density at radius 3 is 2.64 bits per heavy atom. The summed E-state index contributed by atoms with van der Waals surface area (Å²) >= 11 is 15.7. The third-order valence-corrected chi connectivity index (χ3v) is 4.37. The number of hydrogen-bond acceptors (Lipinski definition) is 3. The van der Waals surface area contributed by atoms with Gasteiger partial charge in [-0.3, -0.25) is 0 Å². The standard InChI is InChI=1S/C16H16BrCl2NO2/c1-3-22-16-11(12(17)5-7-15(16)21-2)9-20-14-8-10(18)4-6-13(14)19/h4-8,20H,3,9H2,1-2H3. The van der Waals surface area contributed by atoms with Crippen LogP contribution < -0.4 is 14.8 Å². The number of anilines is 1. The van der Waals surface area contributed by atoms with Crippen molar-refractivity contribution in [1.82, 2.24) is 0 Å². The molecule has 0 aromatic heterocycles. The van der Waals surface area contributed by atoms with Gasteiger partial charge >= 0.3 is 0 Å². The quantitative estimate of drug-likeness (QED) is 0.662. The molecule has 0 fully saturated rings. The summed E-state index contributed by atoms with van der Waals surface area (Å²) < 4.78 is 12.0. The molecule has 0 radical (unpaired) electrons. The van der Waals surface area contributed by atoms with Gasteiger partial charge in [-0.2, -0.15) is 0 Å². The Morgan fingerprint density at radius 1 is 1.18 bits per heavy atom. The Morgan fingerprint density at radius 2 is 1.95 bits per heavy atom. The van der Waals surface area contributed by atoms with Gasteiger partial charge in [-0.25, -0.2) is 0 Å². The largest absolute Gasteiger partial charge is 0.493 e. The molecular formula is C16H16BrCl2NO2. The van der Waals surface area contributed by atoms with Gasteiger partial charge in [0.05, 0.1) is 24.4 Å². The molecule has 0 saturated carbocycles. The zero-order chi connectivity index (χ0) is 16.1. The van der Waals surface area contributed by atoms with Gasteiger partial charge in [0.15, 0.2) is 11.5 Å². The summed E-state index contributed by atoms with van der Waals surface area (Å²) in [5.74, 6) is 1.41. The van der Waals surface area contributed by atoms with Crippen LogP contribution in [0.25, 0.3) is 0 Å². The molecule has 2 aromatic rings. The molecule has 2 aromatic carbocycles. The number of benzene rings is 2. The molecule has 0 aliphatic carbocycles. The van der Waals surface area contributed by atoms with Crippen molar-refractivity contribution in [3.05, 3.63) is 50.4 Å². The summed E-state index contributed by atoms with van der Waals surface area (Å²) in [7, 11) is 1.62. The first-order chi connectivity index (χ1) is 10.6. The zero-order valence-corrected chi connectivity index (χ0v) is 15.3. The van der Waals surface area contributed by atoms with E-state index in [1.165, 1.54) is 0 Å². The molecule has 0 spiro atoms. The topological polar surface area (TPSA) is 30.5 Å². The summed E-state index contributed by atoms with van der Waals surface area (Å²) in [6.07, 6.45) is 0. The molecule has 118 valence electrons. The van der Waals surface area contributed by atoms with Crippen LogP contribution in [0.1, 0.15) is 12.5 Å². The van der Waals surface area contributed by atoms with E-state index in [2.05, 4.69) is 21.2 Å². The Kier molecular flexibility index (Phi) is 6.24. The fourth-order valence-corrected chi connectivity index (χ4v) is 2.84. The molecule has 3 nitrogen and oxygen atoms in total. The van der Waals surface area contributed by atoms with E-state index in [1.807, 2.05) is 19.1 Å². The summed E-state index contributed by atoms with van der Waals surface area (Å²) in [6, 6.07) is 9.10. The minimum atomic E-state index is 0.521. The Balaban J connectivity index is 2.30. The fourth-order valence-electron chi connectivity index (χ4n) is 2.03. The number of rotatable bonds is 6. The molecule has 0 heterocycles. The van der Waals surface area contributed by atoms with Crippen molar-refractivity contribution in [2.24, 2.45) is 0 Å². The smallest absolute Gasteiger partial charge is 0.167 e. The first kappa shape index (κ1) is 17.3. The number of halogens is 3. The van der Waals surface area contributed by atoms with Crippen molar-refractivity contribution in [1.29, 1.82) is 0 Å². The summed E-state index contributed by atoms with van der Waals surface area (Å²) in [6.45, 7) is 3.01. The van der Waals surface area contributed by atoms with E-state index < -0.39 is 0 Å². The number of nitrogens with one attached hydrogen (secondary N) is 1. The normalized spacial score (nSPS) is 10.4. The van der Waals surface area contributed by atoms with Crippen LogP contribution in [0.2, 0.25) is 10.0 Å². The molecule has 2 rings (SSSR count). The van der Waals surface area contributed by atoms with Crippen molar-refractivity contribution in [2.45, 2.75) is 13.5 Å².